The number of thiophene rings is 1. The quantitative estimate of drug-likeness (QED) is 0.635. The lowest BCUT2D eigenvalue weighted by Crippen LogP contribution is -2.45. The van der Waals surface area contributed by atoms with Crippen LogP contribution in [0.3, 0.4) is 0 Å². The lowest BCUT2D eigenvalue weighted by molar-refractivity contribution is -0.143. The molecule has 0 spiro atoms. The number of alkyl halides is 3. The molecule has 1 fully saturated rings. The van der Waals surface area contributed by atoms with Gasteiger partial charge in [0, 0.05) is 35.4 Å². The molecule has 1 aromatic heterocycles. The second kappa shape index (κ2) is 8.01. The van der Waals surface area contributed by atoms with Crippen molar-refractivity contribution in [1.82, 2.24) is 15.5 Å². The third-order valence-corrected chi connectivity index (χ3v) is 4.53. The van der Waals surface area contributed by atoms with Crippen LogP contribution in [0.15, 0.2) is 17.1 Å². The predicted molar refractivity (Wildman–Crippen MR) is 87.9 cm³/mol. The zero-order valence-electron chi connectivity index (χ0n) is 13.4. The number of halogens is 3. The molecule has 1 unspecified atom stereocenters. The molecule has 23 heavy (non-hydrogen) atoms. The molecule has 0 saturated carbocycles. The minimum absolute atomic E-state index is 0.000205. The molecular weight excluding hydrogens is 325 g/mol. The number of aliphatic imine (C=N–C) groups is 1. The summed E-state index contributed by atoms with van der Waals surface area (Å²) in [7, 11) is 0. The molecule has 2 N–H and O–H groups in total. The van der Waals surface area contributed by atoms with Crippen LogP contribution in [-0.2, 0) is 6.54 Å². The van der Waals surface area contributed by atoms with Gasteiger partial charge in [0.05, 0.1) is 13.1 Å². The summed E-state index contributed by atoms with van der Waals surface area (Å²) >= 11 is 1.70. The average molecular weight is 348 g/mol. The molecule has 0 bridgehead atoms. The Morgan fingerprint density at radius 3 is 2.83 bits per heavy atom. The topological polar surface area (TPSA) is 39.7 Å². The van der Waals surface area contributed by atoms with Gasteiger partial charge >= 0.3 is 6.18 Å². The van der Waals surface area contributed by atoms with Gasteiger partial charge in [0.25, 0.3) is 0 Å². The first-order chi connectivity index (χ1) is 10.9. The van der Waals surface area contributed by atoms with E-state index in [1.165, 1.54) is 14.7 Å². The number of guanidine groups is 1. The maximum Gasteiger partial charge on any atom is 0.401 e. The lowest BCUT2D eigenvalue weighted by atomic mass is 10.3. The molecule has 0 radical (unpaired) electrons. The molecule has 0 aliphatic carbocycles. The second-order valence-corrected chi connectivity index (χ2v) is 7.06. The maximum atomic E-state index is 12.4. The smallest absolute Gasteiger partial charge is 0.357 e. The van der Waals surface area contributed by atoms with Crippen molar-refractivity contribution in [3.8, 4) is 0 Å². The molecule has 8 heteroatoms. The molecule has 1 aliphatic rings. The summed E-state index contributed by atoms with van der Waals surface area (Å²) in [6.07, 6.45) is -3.44. The number of nitrogens with one attached hydrogen (secondary N) is 2. The first-order valence-corrected chi connectivity index (χ1v) is 8.56. The van der Waals surface area contributed by atoms with E-state index in [0.717, 1.165) is 0 Å². The fraction of sp³-hybridized carbons (Fsp3) is 0.667. The molecule has 0 aromatic carbocycles. The summed E-state index contributed by atoms with van der Waals surface area (Å²) in [5, 5.41) is 6.40. The molecule has 130 valence electrons. The fourth-order valence-electron chi connectivity index (χ4n) is 2.59. The van der Waals surface area contributed by atoms with E-state index in [-0.39, 0.29) is 6.04 Å². The summed E-state index contributed by atoms with van der Waals surface area (Å²) in [5.41, 5.74) is 0. The first-order valence-electron chi connectivity index (χ1n) is 7.75. The van der Waals surface area contributed by atoms with Crippen LogP contribution in [0, 0.1) is 6.92 Å². The van der Waals surface area contributed by atoms with E-state index in [0.29, 0.717) is 38.6 Å². The lowest BCUT2D eigenvalue weighted by Gasteiger charge is -2.19. The number of rotatable bonds is 5. The molecule has 1 aliphatic heterocycles. The van der Waals surface area contributed by atoms with Gasteiger partial charge in [-0.05, 0) is 32.4 Å². The van der Waals surface area contributed by atoms with Gasteiger partial charge in [-0.25, -0.2) is 4.99 Å². The van der Waals surface area contributed by atoms with E-state index in [1.54, 1.807) is 11.3 Å². The minimum atomic E-state index is -4.13. The van der Waals surface area contributed by atoms with Crippen LogP contribution in [0.4, 0.5) is 13.2 Å². The Bertz CT molecular complexity index is 527. The number of likely N-dealkylation sites (tertiary alicyclic amines) is 1. The van der Waals surface area contributed by atoms with E-state index < -0.39 is 12.7 Å². The zero-order valence-corrected chi connectivity index (χ0v) is 14.2. The van der Waals surface area contributed by atoms with Gasteiger partial charge in [-0.3, -0.25) is 4.90 Å². The van der Waals surface area contributed by atoms with Gasteiger partial charge < -0.3 is 10.6 Å². The third kappa shape index (κ3) is 6.39. The van der Waals surface area contributed by atoms with Crippen molar-refractivity contribution in [1.29, 1.82) is 0 Å². The highest BCUT2D eigenvalue weighted by atomic mass is 32.1. The van der Waals surface area contributed by atoms with E-state index in [4.69, 9.17) is 0 Å². The van der Waals surface area contributed by atoms with Crippen molar-refractivity contribution in [2.45, 2.75) is 39.0 Å². The summed E-state index contributed by atoms with van der Waals surface area (Å²) in [4.78, 5) is 8.37. The van der Waals surface area contributed by atoms with Crippen molar-refractivity contribution in [3.05, 3.63) is 21.9 Å². The summed E-state index contributed by atoms with van der Waals surface area (Å²) in [6, 6.07) is 4.11. The Kier molecular flexibility index (Phi) is 6.29. The Hall–Kier alpha value is -1.28. The van der Waals surface area contributed by atoms with Gasteiger partial charge in [-0.1, -0.05) is 0 Å². The standard InChI is InChI=1S/C15H23F3N4S/c1-3-19-14(20-8-13-5-4-11(2)23-13)21-12-6-7-22(9-12)10-15(16,17)18/h4-5,12H,3,6-10H2,1-2H3,(H2,19,20,21). The van der Waals surface area contributed by atoms with Gasteiger partial charge in [-0.2, -0.15) is 13.2 Å². The molecule has 2 heterocycles. The molecule has 1 atom stereocenters. The van der Waals surface area contributed by atoms with Gasteiger partial charge in [0.1, 0.15) is 0 Å². The number of nitrogens with zero attached hydrogens (tertiary/aromatic N) is 2. The average Bonchev–Trinajstić information content (AvgIpc) is 3.04. The van der Waals surface area contributed by atoms with Crippen LogP contribution in [0.2, 0.25) is 0 Å². The SMILES string of the molecule is CCNC(=NCc1ccc(C)s1)NC1CCN(CC(F)(F)F)C1. The minimum Gasteiger partial charge on any atom is -0.357 e. The Morgan fingerprint density at radius 1 is 1.43 bits per heavy atom. The Balaban J connectivity index is 1.87. The van der Waals surface area contributed by atoms with Crippen LogP contribution < -0.4 is 10.6 Å². The number of hydrogen-bond acceptors (Lipinski definition) is 3. The highest BCUT2D eigenvalue weighted by molar-refractivity contribution is 7.11. The molecular formula is C15H23F3N4S. The van der Waals surface area contributed by atoms with Gasteiger partial charge in [0.15, 0.2) is 5.96 Å². The van der Waals surface area contributed by atoms with Crippen molar-refractivity contribution >= 4 is 17.3 Å². The van der Waals surface area contributed by atoms with Crippen molar-refractivity contribution in [3.63, 3.8) is 0 Å². The summed E-state index contributed by atoms with van der Waals surface area (Å²) < 4.78 is 37.3. The van der Waals surface area contributed by atoms with Crippen molar-refractivity contribution in [2.24, 2.45) is 4.99 Å². The van der Waals surface area contributed by atoms with E-state index in [9.17, 15) is 13.2 Å². The molecule has 0 amide bonds. The highest BCUT2D eigenvalue weighted by Crippen LogP contribution is 2.20. The largest absolute Gasteiger partial charge is 0.401 e. The van der Waals surface area contributed by atoms with Crippen LogP contribution >= 0.6 is 11.3 Å². The summed E-state index contributed by atoms with van der Waals surface area (Å²) in [6.45, 7) is 5.32. The first kappa shape index (κ1) is 18.1. The highest BCUT2D eigenvalue weighted by Gasteiger charge is 2.34. The molecule has 1 aromatic rings. The summed E-state index contributed by atoms with van der Waals surface area (Å²) in [5.74, 6) is 0.664. The van der Waals surface area contributed by atoms with Crippen LogP contribution in [-0.4, -0.2) is 49.3 Å². The van der Waals surface area contributed by atoms with Crippen molar-refractivity contribution < 1.29 is 13.2 Å². The van der Waals surface area contributed by atoms with Crippen molar-refractivity contribution in [2.75, 3.05) is 26.2 Å². The Morgan fingerprint density at radius 2 is 2.22 bits per heavy atom. The van der Waals surface area contributed by atoms with Gasteiger partial charge in [0.2, 0.25) is 0 Å². The molecule has 2 rings (SSSR count). The zero-order chi connectivity index (χ0) is 16.9. The third-order valence-electron chi connectivity index (χ3n) is 3.55. The monoisotopic (exact) mass is 348 g/mol. The van der Waals surface area contributed by atoms with Gasteiger partial charge in [-0.15, -0.1) is 11.3 Å². The fourth-order valence-corrected chi connectivity index (χ4v) is 3.40. The molecule has 4 nitrogen and oxygen atoms in total. The van der Waals surface area contributed by atoms with E-state index in [2.05, 4.69) is 28.6 Å². The van der Waals surface area contributed by atoms with Crippen LogP contribution in [0.5, 0.6) is 0 Å². The predicted octanol–water partition coefficient (Wildman–Crippen LogP) is 2.75. The van der Waals surface area contributed by atoms with E-state index in [1.807, 2.05) is 13.0 Å². The number of aryl methyl sites for hydroxylation is 1. The second-order valence-electron chi connectivity index (χ2n) is 5.69. The van der Waals surface area contributed by atoms with Crippen LogP contribution in [0.25, 0.3) is 0 Å². The number of hydrogen-bond donors (Lipinski definition) is 2. The maximum absolute atomic E-state index is 12.4. The molecule has 1 saturated heterocycles. The Labute approximate surface area is 138 Å². The van der Waals surface area contributed by atoms with Crippen LogP contribution in [0.1, 0.15) is 23.1 Å². The van der Waals surface area contributed by atoms with E-state index >= 15 is 0 Å². The normalized spacial score (nSPS) is 20.0.